The molecule has 0 bridgehead atoms. The van der Waals surface area contributed by atoms with Crippen molar-refractivity contribution < 1.29 is 9.53 Å². The molecule has 1 aromatic rings. The fourth-order valence-corrected chi connectivity index (χ4v) is 2.53. The second kappa shape index (κ2) is 7.46. The minimum absolute atomic E-state index is 0.0523. The van der Waals surface area contributed by atoms with E-state index >= 15 is 0 Å². The van der Waals surface area contributed by atoms with E-state index in [9.17, 15) is 4.79 Å². The van der Waals surface area contributed by atoms with Crippen molar-refractivity contribution in [2.24, 2.45) is 5.92 Å². The van der Waals surface area contributed by atoms with Crippen molar-refractivity contribution in [2.45, 2.75) is 39.2 Å². The second-order valence-corrected chi connectivity index (χ2v) is 6.16. The van der Waals surface area contributed by atoms with E-state index in [1.54, 1.807) is 0 Å². The van der Waals surface area contributed by atoms with Crippen LogP contribution in [0.3, 0.4) is 0 Å². The van der Waals surface area contributed by atoms with E-state index in [0.29, 0.717) is 11.8 Å². The van der Waals surface area contributed by atoms with Gasteiger partial charge in [-0.1, -0.05) is 32.9 Å². The van der Waals surface area contributed by atoms with Crippen LogP contribution in [-0.4, -0.2) is 31.6 Å². The first-order chi connectivity index (χ1) is 10.1. The smallest absolute Gasteiger partial charge is 0.258 e. The molecule has 4 nitrogen and oxygen atoms in total. The summed E-state index contributed by atoms with van der Waals surface area (Å²) in [6.45, 7) is 8.44. The van der Waals surface area contributed by atoms with E-state index in [-0.39, 0.29) is 18.6 Å². The minimum Gasteiger partial charge on any atom is -0.484 e. The standard InChI is InChI=1S/C17H26N2O2/c1-12(2)14-4-6-15(7-5-14)21-11-17(20)19-16-10-18-9-8-13(16)3/h4-7,12-13,16,18H,8-11H2,1-3H3,(H,19,20). The highest BCUT2D eigenvalue weighted by molar-refractivity contribution is 5.77. The fraction of sp³-hybridized carbons (Fsp3) is 0.588. The number of rotatable bonds is 5. The predicted molar refractivity (Wildman–Crippen MR) is 84.6 cm³/mol. The lowest BCUT2D eigenvalue weighted by atomic mass is 9.95. The molecule has 1 aromatic carbocycles. The van der Waals surface area contributed by atoms with Gasteiger partial charge in [-0.15, -0.1) is 0 Å². The van der Waals surface area contributed by atoms with Gasteiger partial charge in [-0.3, -0.25) is 4.79 Å². The number of nitrogens with one attached hydrogen (secondary N) is 2. The van der Waals surface area contributed by atoms with Gasteiger partial charge in [0, 0.05) is 12.6 Å². The van der Waals surface area contributed by atoms with Gasteiger partial charge < -0.3 is 15.4 Å². The lowest BCUT2D eigenvalue weighted by Gasteiger charge is -2.30. The summed E-state index contributed by atoms with van der Waals surface area (Å²) < 4.78 is 5.55. The Balaban J connectivity index is 1.78. The average molecular weight is 290 g/mol. The van der Waals surface area contributed by atoms with Gasteiger partial charge in [-0.2, -0.15) is 0 Å². The Labute approximate surface area is 127 Å². The van der Waals surface area contributed by atoms with E-state index < -0.39 is 0 Å². The Bertz CT molecular complexity index is 456. The lowest BCUT2D eigenvalue weighted by molar-refractivity contribution is -0.124. The van der Waals surface area contributed by atoms with Crippen molar-refractivity contribution in [2.75, 3.05) is 19.7 Å². The van der Waals surface area contributed by atoms with Gasteiger partial charge in [0.15, 0.2) is 6.61 Å². The summed E-state index contributed by atoms with van der Waals surface area (Å²) in [6.07, 6.45) is 1.10. The number of amides is 1. The molecule has 2 unspecified atom stereocenters. The topological polar surface area (TPSA) is 50.4 Å². The number of piperidine rings is 1. The van der Waals surface area contributed by atoms with Crippen LogP contribution in [-0.2, 0) is 4.79 Å². The summed E-state index contributed by atoms with van der Waals surface area (Å²) in [5, 5.41) is 6.35. The lowest BCUT2D eigenvalue weighted by Crippen LogP contribution is -2.51. The van der Waals surface area contributed by atoms with Crippen LogP contribution in [0.15, 0.2) is 24.3 Å². The number of ether oxygens (including phenoxy) is 1. The molecular weight excluding hydrogens is 264 g/mol. The summed E-state index contributed by atoms with van der Waals surface area (Å²) in [4.78, 5) is 11.9. The third kappa shape index (κ3) is 4.74. The van der Waals surface area contributed by atoms with Crippen LogP contribution in [0.1, 0.15) is 38.7 Å². The Kier molecular flexibility index (Phi) is 5.62. The molecule has 0 spiro atoms. The van der Waals surface area contributed by atoms with Crippen molar-refractivity contribution in [3.05, 3.63) is 29.8 Å². The van der Waals surface area contributed by atoms with Crippen LogP contribution in [0.25, 0.3) is 0 Å². The van der Waals surface area contributed by atoms with Gasteiger partial charge >= 0.3 is 0 Å². The second-order valence-electron chi connectivity index (χ2n) is 6.16. The quantitative estimate of drug-likeness (QED) is 0.875. The van der Waals surface area contributed by atoms with E-state index in [2.05, 4.69) is 31.4 Å². The highest BCUT2D eigenvalue weighted by Gasteiger charge is 2.22. The average Bonchev–Trinajstić information content (AvgIpc) is 2.48. The number of hydrogen-bond acceptors (Lipinski definition) is 3. The van der Waals surface area contributed by atoms with Crippen molar-refractivity contribution >= 4 is 5.91 Å². The SMILES string of the molecule is CC(C)c1ccc(OCC(=O)NC2CNCCC2C)cc1. The molecule has 1 saturated heterocycles. The van der Waals surface area contributed by atoms with Crippen molar-refractivity contribution in [3.63, 3.8) is 0 Å². The zero-order valence-electron chi connectivity index (χ0n) is 13.2. The van der Waals surface area contributed by atoms with Gasteiger partial charge in [0.05, 0.1) is 0 Å². The summed E-state index contributed by atoms with van der Waals surface area (Å²) in [5.41, 5.74) is 1.27. The van der Waals surface area contributed by atoms with E-state index in [0.717, 1.165) is 25.3 Å². The summed E-state index contributed by atoms with van der Waals surface area (Å²) in [6, 6.07) is 8.15. The van der Waals surface area contributed by atoms with Gasteiger partial charge in [0.2, 0.25) is 0 Å². The van der Waals surface area contributed by atoms with E-state index in [1.165, 1.54) is 5.56 Å². The minimum atomic E-state index is -0.0523. The predicted octanol–water partition coefficient (Wildman–Crippen LogP) is 2.30. The maximum absolute atomic E-state index is 11.9. The number of carbonyl (C=O) groups is 1. The monoisotopic (exact) mass is 290 g/mol. The molecule has 4 heteroatoms. The van der Waals surface area contributed by atoms with Crippen LogP contribution in [0, 0.1) is 5.92 Å². The Morgan fingerprint density at radius 2 is 2.10 bits per heavy atom. The molecule has 0 radical (unpaired) electrons. The molecular formula is C17H26N2O2. The normalized spacial score (nSPS) is 22.1. The van der Waals surface area contributed by atoms with Crippen molar-refractivity contribution in [1.29, 1.82) is 0 Å². The first-order valence-corrected chi connectivity index (χ1v) is 7.79. The van der Waals surface area contributed by atoms with Crippen LogP contribution in [0.2, 0.25) is 0 Å². The number of carbonyl (C=O) groups excluding carboxylic acids is 1. The number of benzene rings is 1. The molecule has 116 valence electrons. The largest absolute Gasteiger partial charge is 0.484 e. The van der Waals surface area contributed by atoms with Crippen LogP contribution in [0.5, 0.6) is 5.75 Å². The molecule has 2 rings (SSSR count). The van der Waals surface area contributed by atoms with Gasteiger partial charge in [0.25, 0.3) is 5.91 Å². The molecule has 0 saturated carbocycles. The highest BCUT2D eigenvalue weighted by atomic mass is 16.5. The van der Waals surface area contributed by atoms with Gasteiger partial charge in [-0.25, -0.2) is 0 Å². The highest BCUT2D eigenvalue weighted by Crippen LogP contribution is 2.18. The molecule has 1 aliphatic rings. The molecule has 0 aliphatic carbocycles. The molecule has 1 amide bonds. The van der Waals surface area contributed by atoms with Crippen molar-refractivity contribution in [3.8, 4) is 5.75 Å². The molecule has 0 aromatic heterocycles. The molecule has 2 atom stereocenters. The summed E-state index contributed by atoms with van der Waals surface area (Å²) in [7, 11) is 0. The maximum Gasteiger partial charge on any atom is 0.258 e. The summed E-state index contributed by atoms with van der Waals surface area (Å²) in [5.74, 6) is 1.70. The first-order valence-electron chi connectivity index (χ1n) is 7.79. The zero-order chi connectivity index (χ0) is 15.2. The molecule has 1 aliphatic heterocycles. The van der Waals surface area contributed by atoms with E-state index in [1.807, 2.05) is 24.3 Å². The van der Waals surface area contributed by atoms with E-state index in [4.69, 9.17) is 4.74 Å². The number of hydrogen-bond donors (Lipinski definition) is 2. The third-order valence-electron chi connectivity index (χ3n) is 4.09. The van der Waals surface area contributed by atoms with Crippen LogP contribution < -0.4 is 15.4 Å². The third-order valence-corrected chi connectivity index (χ3v) is 4.09. The molecule has 21 heavy (non-hydrogen) atoms. The molecule has 1 fully saturated rings. The summed E-state index contributed by atoms with van der Waals surface area (Å²) >= 11 is 0. The van der Waals surface area contributed by atoms with Gasteiger partial charge in [0.1, 0.15) is 5.75 Å². The zero-order valence-corrected chi connectivity index (χ0v) is 13.2. The fourth-order valence-electron chi connectivity index (χ4n) is 2.53. The van der Waals surface area contributed by atoms with Crippen molar-refractivity contribution in [1.82, 2.24) is 10.6 Å². The van der Waals surface area contributed by atoms with Gasteiger partial charge in [-0.05, 0) is 42.5 Å². The molecule has 2 N–H and O–H groups in total. The maximum atomic E-state index is 11.9. The Morgan fingerprint density at radius 3 is 2.71 bits per heavy atom. The Morgan fingerprint density at radius 1 is 1.38 bits per heavy atom. The van der Waals surface area contributed by atoms with Crippen LogP contribution in [0.4, 0.5) is 0 Å². The van der Waals surface area contributed by atoms with Crippen LogP contribution >= 0.6 is 0 Å². The Hall–Kier alpha value is -1.55. The first kappa shape index (κ1) is 15.8. The molecule has 1 heterocycles.